The lowest BCUT2D eigenvalue weighted by atomic mass is 9.97. The van der Waals surface area contributed by atoms with Crippen molar-refractivity contribution < 1.29 is 4.79 Å². The summed E-state index contributed by atoms with van der Waals surface area (Å²) in [4.78, 5) is 17.1. The molecule has 116 valence electrons. The smallest absolute Gasteiger partial charge is 0.272 e. The summed E-state index contributed by atoms with van der Waals surface area (Å²) in [6.45, 7) is 8.18. The second kappa shape index (κ2) is 6.18. The number of hydrogen-bond acceptors (Lipinski definition) is 3. The van der Waals surface area contributed by atoms with Crippen LogP contribution in [0.5, 0.6) is 0 Å². The van der Waals surface area contributed by atoms with Crippen LogP contribution in [-0.2, 0) is 6.54 Å². The molecule has 0 N–H and O–H groups in total. The molecule has 1 aromatic heterocycles. The van der Waals surface area contributed by atoms with E-state index in [1.165, 1.54) is 25.8 Å². The summed E-state index contributed by atoms with van der Waals surface area (Å²) in [5, 5.41) is 4.25. The highest BCUT2D eigenvalue weighted by atomic mass is 16.2. The molecule has 1 aromatic rings. The highest BCUT2D eigenvalue weighted by Crippen LogP contribution is 2.25. The van der Waals surface area contributed by atoms with Crippen molar-refractivity contribution in [2.45, 2.75) is 58.2 Å². The molecule has 1 amide bonds. The zero-order valence-corrected chi connectivity index (χ0v) is 13.2. The van der Waals surface area contributed by atoms with Gasteiger partial charge in [0.05, 0.1) is 0 Å². The molecule has 5 heteroatoms. The molecule has 0 aliphatic carbocycles. The zero-order chi connectivity index (χ0) is 14.8. The first-order chi connectivity index (χ1) is 10.2. The standard InChI is InChI=1S/C16H26N4O/c1-3-9-20-15(7-8-17-20)16(21)18-11-14(12-18)19-10-5-4-6-13(19)2/h7-8,13-14H,3-6,9-12H2,1-2H3/t13-/m1/s1. The predicted molar refractivity (Wildman–Crippen MR) is 82.2 cm³/mol. The molecule has 2 fully saturated rings. The number of likely N-dealkylation sites (tertiary alicyclic amines) is 2. The minimum absolute atomic E-state index is 0.141. The van der Waals surface area contributed by atoms with Crippen molar-refractivity contribution in [2.24, 2.45) is 0 Å². The van der Waals surface area contributed by atoms with Gasteiger partial charge in [0.2, 0.25) is 0 Å². The highest BCUT2D eigenvalue weighted by Gasteiger charge is 2.38. The van der Waals surface area contributed by atoms with Gasteiger partial charge in [0, 0.05) is 37.9 Å². The fourth-order valence-corrected chi connectivity index (χ4v) is 3.56. The minimum atomic E-state index is 0.141. The van der Waals surface area contributed by atoms with E-state index < -0.39 is 0 Å². The second-order valence-corrected chi connectivity index (χ2v) is 6.39. The topological polar surface area (TPSA) is 41.4 Å². The molecular formula is C16H26N4O. The molecule has 21 heavy (non-hydrogen) atoms. The summed E-state index contributed by atoms with van der Waals surface area (Å²) in [6.07, 6.45) is 6.68. The summed E-state index contributed by atoms with van der Waals surface area (Å²) >= 11 is 0. The normalized spacial score (nSPS) is 24.1. The van der Waals surface area contributed by atoms with Gasteiger partial charge in [-0.15, -0.1) is 0 Å². The Labute approximate surface area is 126 Å². The Balaban J connectivity index is 1.58. The lowest BCUT2D eigenvalue weighted by Gasteiger charge is -2.49. The fourth-order valence-electron chi connectivity index (χ4n) is 3.56. The van der Waals surface area contributed by atoms with Crippen molar-refractivity contribution in [3.8, 4) is 0 Å². The molecule has 0 saturated carbocycles. The van der Waals surface area contributed by atoms with Crippen molar-refractivity contribution >= 4 is 5.91 Å². The van der Waals surface area contributed by atoms with E-state index in [4.69, 9.17) is 0 Å². The molecule has 5 nitrogen and oxygen atoms in total. The SMILES string of the molecule is CCCn1nccc1C(=O)N1CC(N2CCCC[C@H]2C)C1. The monoisotopic (exact) mass is 290 g/mol. The quantitative estimate of drug-likeness (QED) is 0.851. The maximum atomic E-state index is 12.5. The summed E-state index contributed by atoms with van der Waals surface area (Å²) in [5.41, 5.74) is 0.738. The van der Waals surface area contributed by atoms with E-state index >= 15 is 0 Å². The van der Waals surface area contributed by atoms with E-state index in [-0.39, 0.29) is 5.91 Å². The van der Waals surface area contributed by atoms with Crippen molar-refractivity contribution in [3.63, 3.8) is 0 Å². The predicted octanol–water partition coefficient (Wildman–Crippen LogP) is 1.99. The van der Waals surface area contributed by atoms with E-state index in [1.54, 1.807) is 6.20 Å². The second-order valence-electron chi connectivity index (χ2n) is 6.39. The van der Waals surface area contributed by atoms with Gasteiger partial charge in [0.25, 0.3) is 5.91 Å². The van der Waals surface area contributed by atoms with Gasteiger partial charge in [-0.25, -0.2) is 0 Å². The molecule has 2 saturated heterocycles. The van der Waals surface area contributed by atoms with Gasteiger partial charge in [-0.2, -0.15) is 5.10 Å². The third-order valence-electron chi connectivity index (χ3n) is 4.84. The van der Waals surface area contributed by atoms with E-state index in [2.05, 4.69) is 23.8 Å². The lowest BCUT2D eigenvalue weighted by Crippen LogP contribution is -2.63. The van der Waals surface area contributed by atoms with Crippen molar-refractivity contribution in [2.75, 3.05) is 19.6 Å². The first kappa shape index (κ1) is 14.6. The van der Waals surface area contributed by atoms with Crippen LogP contribution in [0.4, 0.5) is 0 Å². The van der Waals surface area contributed by atoms with Crippen molar-refractivity contribution in [1.82, 2.24) is 19.6 Å². The number of rotatable bonds is 4. The van der Waals surface area contributed by atoms with Gasteiger partial charge in [-0.1, -0.05) is 13.3 Å². The van der Waals surface area contributed by atoms with Gasteiger partial charge in [0.1, 0.15) is 5.69 Å². The number of aryl methyl sites for hydroxylation is 1. The Bertz CT molecular complexity index is 492. The molecule has 2 aliphatic heterocycles. The van der Waals surface area contributed by atoms with Crippen LogP contribution in [0.1, 0.15) is 50.0 Å². The molecular weight excluding hydrogens is 264 g/mol. The van der Waals surface area contributed by atoms with Gasteiger partial charge in [-0.3, -0.25) is 14.4 Å². The Morgan fingerprint density at radius 3 is 2.90 bits per heavy atom. The van der Waals surface area contributed by atoms with Gasteiger partial charge < -0.3 is 4.90 Å². The van der Waals surface area contributed by atoms with Crippen LogP contribution in [0.2, 0.25) is 0 Å². The fraction of sp³-hybridized carbons (Fsp3) is 0.750. The maximum absolute atomic E-state index is 12.5. The van der Waals surface area contributed by atoms with Crippen molar-refractivity contribution in [1.29, 1.82) is 0 Å². The molecule has 1 atom stereocenters. The lowest BCUT2D eigenvalue weighted by molar-refractivity contribution is 0.00147. The third-order valence-corrected chi connectivity index (χ3v) is 4.84. The Kier molecular flexibility index (Phi) is 4.29. The van der Waals surface area contributed by atoms with Gasteiger partial charge in [0.15, 0.2) is 0 Å². The Morgan fingerprint density at radius 1 is 1.38 bits per heavy atom. The van der Waals surface area contributed by atoms with Crippen LogP contribution in [-0.4, -0.2) is 57.2 Å². The summed E-state index contributed by atoms with van der Waals surface area (Å²) in [5.74, 6) is 0.141. The molecule has 0 bridgehead atoms. The largest absolute Gasteiger partial charge is 0.334 e. The molecule has 2 aliphatic rings. The van der Waals surface area contributed by atoms with Crippen LogP contribution in [0, 0.1) is 0 Å². The first-order valence-corrected chi connectivity index (χ1v) is 8.27. The number of piperidine rings is 1. The summed E-state index contributed by atoms with van der Waals surface area (Å²) < 4.78 is 1.83. The van der Waals surface area contributed by atoms with E-state index in [9.17, 15) is 4.79 Å². The van der Waals surface area contributed by atoms with E-state index in [0.717, 1.165) is 31.7 Å². The van der Waals surface area contributed by atoms with Crippen molar-refractivity contribution in [3.05, 3.63) is 18.0 Å². The van der Waals surface area contributed by atoms with Crippen LogP contribution in [0.25, 0.3) is 0 Å². The molecule has 0 radical (unpaired) electrons. The molecule has 0 unspecified atom stereocenters. The highest BCUT2D eigenvalue weighted by molar-refractivity contribution is 5.93. The van der Waals surface area contributed by atoms with Crippen LogP contribution < -0.4 is 0 Å². The number of carbonyl (C=O) groups excluding carboxylic acids is 1. The Morgan fingerprint density at radius 2 is 2.19 bits per heavy atom. The first-order valence-electron chi connectivity index (χ1n) is 8.27. The molecule has 0 spiro atoms. The average molecular weight is 290 g/mol. The number of aromatic nitrogens is 2. The van der Waals surface area contributed by atoms with Gasteiger partial charge >= 0.3 is 0 Å². The van der Waals surface area contributed by atoms with Crippen LogP contribution >= 0.6 is 0 Å². The summed E-state index contributed by atoms with van der Waals surface area (Å²) in [6, 6.07) is 3.08. The number of nitrogens with zero attached hydrogens (tertiary/aromatic N) is 4. The van der Waals surface area contributed by atoms with Crippen LogP contribution in [0.3, 0.4) is 0 Å². The maximum Gasteiger partial charge on any atom is 0.272 e. The van der Waals surface area contributed by atoms with Crippen LogP contribution in [0.15, 0.2) is 12.3 Å². The average Bonchev–Trinajstić information content (AvgIpc) is 2.88. The third kappa shape index (κ3) is 2.84. The number of carbonyl (C=O) groups is 1. The number of hydrogen-bond donors (Lipinski definition) is 0. The van der Waals surface area contributed by atoms with E-state index in [0.29, 0.717) is 12.1 Å². The molecule has 3 rings (SSSR count). The molecule has 3 heterocycles. The minimum Gasteiger partial charge on any atom is -0.334 e. The van der Waals surface area contributed by atoms with Gasteiger partial charge in [-0.05, 0) is 38.8 Å². The van der Waals surface area contributed by atoms with E-state index in [1.807, 2.05) is 15.6 Å². The molecule has 0 aromatic carbocycles. The zero-order valence-electron chi connectivity index (χ0n) is 13.2. The number of amides is 1. The summed E-state index contributed by atoms with van der Waals surface area (Å²) in [7, 11) is 0. The Hall–Kier alpha value is -1.36.